The Morgan fingerprint density at radius 3 is 2.27 bits per heavy atom. The molecule has 15 heavy (non-hydrogen) atoms. The summed E-state index contributed by atoms with van der Waals surface area (Å²) in [5.41, 5.74) is -0.703. The number of aliphatic hydroxyl groups excluding tert-OH is 1. The Balaban J connectivity index is 2.38. The van der Waals surface area contributed by atoms with Gasteiger partial charge in [-0.3, -0.25) is 0 Å². The summed E-state index contributed by atoms with van der Waals surface area (Å²) in [5.74, 6) is 0.223. The minimum absolute atomic E-state index is 0.107. The van der Waals surface area contributed by atoms with Gasteiger partial charge in [0.1, 0.15) is 6.61 Å². The molecule has 0 radical (unpaired) electrons. The van der Waals surface area contributed by atoms with Crippen molar-refractivity contribution in [3.63, 3.8) is 0 Å². The van der Waals surface area contributed by atoms with Crippen LogP contribution >= 0.6 is 0 Å². The Morgan fingerprint density at radius 1 is 1.33 bits per heavy atom. The fourth-order valence-corrected chi connectivity index (χ4v) is 1.63. The molecule has 1 fully saturated rings. The third-order valence-corrected chi connectivity index (χ3v) is 2.76. The second kappa shape index (κ2) is 4.67. The highest BCUT2D eigenvalue weighted by Crippen LogP contribution is 2.39. The molecule has 0 aromatic carbocycles. The Bertz CT molecular complexity index is 200. The predicted molar refractivity (Wildman–Crippen MR) is 48.5 cm³/mol. The molecular formula is C9H16F3NO2. The van der Waals surface area contributed by atoms with E-state index in [1.165, 1.54) is 0 Å². The Labute approximate surface area is 86.6 Å². The molecule has 1 unspecified atom stereocenters. The average molecular weight is 227 g/mol. The molecule has 90 valence electrons. The lowest BCUT2D eigenvalue weighted by Crippen LogP contribution is -2.53. The topological polar surface area (TPSA) is 41.5 Å². The maximum absolute atomic E-state index is 11.8. The fraction of sp³-hybridized carbons (Fsp3) is 1.00. The summed E-state index contributed by atoms with van der Waals surface area (Å²) in [6.07, 6.45) is -2.45. The van der Waals surface area contributed by atoms with Crippen molar-refractivity contribution in [3.8, 4) is 0 Å². The first-order valence-corrected chi connectivity index (χ1v) is 4.88. The van der Waals surface area contributed by atoms with Crippen LogP contribution in [0, 0.1) is 5.92 Å². The van der Waals surface area contributed by atoms with Gasteiger partial charge in [0, 0.05) is 0 Å². The molecule has 0 bridgehead atoms. The number of rotatable bonds is 6. The van der Waals surface area contributed by atoms with E-state index in [-0.39, 0.29) is 19.1 Å². The van der Waals surface area contributed by atoms with E-state index in [0.29, 0.717) is 0 Å². The van der Waals surface area contributed by atoms with E-state index in [1.54, 1.807) is 7.05 Å². The van der Waals surface area contributed by atoms with Crippen LogP contribution < -0.4 is 5.32 Å². The Kier molecular flexibility index (Phi) is 3.97. The molecule has 1 aliphatic carbocycles. The van der Waals surface area contributed by atoms with Crippen molar-refractivity contribution < 1.29 is 23.0 Å². The van der Waals surface area contributed by atoms with Gasteiger partial charge in [-0.05, 0) is 25.8 Å². The van der Waals surface area contributed by atoms with Crippen LogP contribution in [0.25, 0.3) is 0 Å². The van der Waals surface area contributed by atoms with Crippen molar-refractivity contribution in [2.24, 2.45) is 5.92 Å². The molecule has 1 rings (SSSR count). The van der Waals surface area contributed by atoms with Crippen LogP contribution in [0.15, 0.2) is 0 Å². The van der Waals surface area contributed by atoms with Gasteiger partial charge < -0.3 is 15.2 Å². The minimum atomic E-state index is -4.31. The third kappa shape index (κ3) is 3.62. The van der Waals surface area contributed by atoms with E-state index in [2.05, 4.69) is 10.1 Å². The molecule has 1 saturated carbocycles. The average Bonchev–Trinajstić information content (AvgIpc) is 2.95. The maximum atomic E-state index is 11.8. The standard InChI is InChI=1S/C9H16F3NO2/c1-13-8(4-14,7-2-3-7)5-15-6-9(10,11)12/h7,13-14H,2-6H2,1H3. The van der Waals surface area contributed by atoms with E-state index in [0.717, 1.165) is 12.8 Å². The molecule has 0 aromatic heterocycles. The number of likely N-dealkylation sites (N-methyl/N-ethyl adjacent to an activating group) is 1. The summed E-state index contributed by atoms with van der Waals surface area (Å²) in [7, 11) is 1.63. The van der Waals surface area contributed by atoms with Gasteiger partial charge in [-0.1, -0.05) is 0 Å². The first-order chi connectivity index (χ1) is 6.93. The minimum Gasteiger partial charge on any atom is -0.394 e. The van der Waals surface area contributed by atoms with Crippen LogP contribution in [-0.2, 0) is 4.74 Å². The quantitative estimate of drug-likeness (QED) is 0.709. The molecule has 0 aromatic rings. The zero-order chi connectivity index (χ0) is 11.5. The number of ether oxygens (including phenoxy) is 1. The number of aliphatic hydroxyl groups is 1. The van der Waals surface area contributed by atoms with Gasteiger partial charge in [0.05, 0.1) is 18.8 Å². The highest BCUT2D eigenvalue weighted by Gasteiger charge is 2.44. The molecule has 1 aliphatic rings. The van der Waals surface area contributed by atoms with Gasteiger partial charge in [0.15, 0.2) is 0 Å². The lowest BCUT2D eigenvalue weighted by atomic mass is 9.96. The summed E-state index contributed by atoms with van der Waals surface area (Å²) in [6.45, 7) is -1.57. The van der Waals surface area contributed by atoms with Gasteiger partial charge in [0.25, 0.3) is 0 Å². The van der Waals surface area contributed by atoms with Crippen LogP contribution in [-0.4, -0.2) is 43.7 Å². The predicted octanol–water partition coefficient (Wildman–Crippen LogP) is 0.926. The van der Waals surface area contributed by atoms with Crippen LogP contribution in [0.1, 0.15) is 12.8 Å². The normalized spacial score (nSPS) is 21.4. The molecule has 0 heterocycles. The SMILES string of the molecule is CNC(CO)(COCC(F)(F)F)C1CC1. The largest absolute Gasteiger partial charge is 0.411 e. The van der Waals surface area contributed by atoms with Gasteiger partial charge in [-0.15, -0.1) is 0 Å². The summed E-state index contributed by atoms with van der Waals surface area (Å²) in [4.78, 5) is 0. The van der Waals surface area contributed by atoms with Gasteiger partial charge in [-0.25, -0.2) is 0 Å². The molecule has 0 aliphatic heterocycles. The summed E-state index contributed by atoms with van der Waals surface area (Å²) >= 11 is 0. The Morgan fingerprint density at radius 2 is 1.93 bits per heavy atom. The molecule has 0 saturated heterocycles. The number of hydrogen-bond acceptors (Lipinski definition) is 3. The maximum Gasteiger partial charge on any atom is 0.411 e. The van der Waals surface area contributed by atoms with Crippen LogP contribution in [0.2, 0.25) is 0 Å². The smallest absolute Gasteiger partial charge is 0.394 e. The summed E-state index contributed by atoms with van der Waals surface area (Å²) in [5, 5.41) is 12.1. The van der Waals surface area contributed by atoms with Crippen LogP contribution in [0.5, 0.6) is 0 Å². The zero-order valence-electron chi connectivity index (χ0n) is 8.60. The first kappa shape index (κ1) is 12.7. The summed E-state index contributed by atoms with van der Waals surface area (Å²) < 4.78 is 40.1. The van der Waals surface area contributed by atoms with Gasteiger partial charge >= 0.3 is 6.18 Å². The van der Waals surface area contributed by atoms with Crippen molar-refractivity contribution in [2.45, 2.75) is 24.6 Å². The second-order valence-corrected chi connectivity index (χ2v) is 3.95. The third-order valence-electron chi connectivity index (χ3n) is 2.76. The molecule has 0 spiro atoms. The van der Waals surface area contributed by atoms with E-state index in [1.807, 2.05) is 0 Å². The van der Waals surface area contributed by atoms with Gasteiger partial charge in [0.2, 0.25) is 0 Å². The van der Waals surface area contributed by atoms with Crippen molar-refractivity contribution in [3.05, 3.63) is 0 Å². The van der Waals surface area contributed by atoms with Crippen LogP contribution in [0.4, 0.5) is 13.2 Å². The Hall–Kier alpha value is -0.330. The number of alkyl halides is 3. The highest BCUT2D eigenvalue weighted by atomic mass is 19.4. The lowest BCUT2D eigenvalue weighted by molar-refractivity contribution is -0.180. The van der Waals surface area contributed by atoms with E-state index in [4.69, 9.17) is 0 Å². The molecule has 3 nitrogen and oxygen atoms in total. The van der Waals surface area contributed by atoms with Crippen LogP contribution in [0.3, 0.4) is 0 Å². The molecular weight excluding hydrogens is 211 g/mol. The first-order valence-electron chi connectivity index (χ1n) is 4.88. The second-order valence-electron chi connectivity index (χ2n) is 3.95. The number of nitrogens with one attached hydrogen (secondary N) is 1. The zero-order valence-corrected chi connectivity index (χ0v) is 8.60. The fourth-order valence-electron chi connectivity index (χ4n) is 1.63. The monoisotopic (exact) mass is 227 g/mol. The molecule has 6 heteroatoms. The number of hydrogen-bond donors (Lipinski definition) is 2. The van der Waals surface area contributed by atoms with Gasteiger partial charge in [-0.2, -0.15) is 13.2 Å². The summed E-state index contributed by atoms with van der Waals surface area (Å²) in [6, 6.07) is 0. The molecule has 0 amide bonds. The van der Waals surface area contributed by atoms with Crippen molar-refractivity contribution in [1.82, 2.24) is 5.32 Å². The molecule has 2 N–H and O–H groups in total. The molecule has 1 atom stereocenters. The van der Waals surface area contributed by atoms with Crippen molar-refractivity contribution in [2.75, 3.05) is 26.9 Å². The highest BCUT2D eigenvalue weighted by molar-refractivity contribution is 5.00. The van der Waals surface area contributed by atoms with Crippen molar-refractivity contribution in [1.29, 1.82) is 0 Å². The van der Waals surface area contributed by atoms with E-state index < -0.39 is 18.3 Å². The van der Waals surface area contributed by atoms with E-state index >= 15 is 0 Å². The van der Waals surface area contributed by atoms with Crippen molar-refractivity contribution >= 4 is 0 Å². The number of halogens is 3. The van der Waals surface area contributed by atoms with E-state index in [9.17, 15) is 18.3 Å². The lowest BCUT2D eigenvalue weighted by Gasteiger charge is -2.31.